The van der Waals surface area contributed by atoms with E-state index in [1.165, 1.54) is 11.4 Å². The number of rotatable bonds is 10. The molecular weight excluding hydrogens is 404 g/mol. The molecule has 1 atom stereocenters. The van der Waals surface area contributed by atoms with Crippen LogP contribution in [0.3, 0.4) is 0 Å². The highest BCUT2D eigenvalue weighted by Crippen LogP contribution is 2.25. The number of nitrogens with one attached hydrogen (secondary N) is 1. The van der Waals surface area contributed by atoms with Crippen LogP contribution >= 0.6 is 0 Å². The van der Waals surface area contributed by atoms with E-state index >= 15 is 0 Å². The molecule has 0 saturated carbocycles. The van der Waals surface area contributed by atoms with Crippen molar-refractivity contribution in [1.29, 1.82) is 0 Å². The second-order valence-electron chi connectivity index (χ2n) is 7.32. The van der Waals surface area contributed by atoms with E-state index in [4.69, 9.17) is 9.47 Å². The topological polar surface area (TPSA) is 84.9 Å². The van der Waals surface area contributed by atoms with E-state index in [1.54, 1.807) is 31.2 Å². The molecule has 2 aromatic carbocycles. The van der Waals surface area contributed by atoms with Crippen molar-refractivity contribution in [2.75, 3.05) is 30.8 Å². The van der Waals surface area contributed by atoms with E-state index in [1.807, 2.05) is 24.3 Å². The van der Waals surface area contributed by atoms with Crippen LogP contribution < -0.4 is 19.1 Å². The first-order chi connectivity index (χ1) is 14.1. The molecule has 0 saturated heterocycles. The van der Waals surface area contributed by atoms with Gasteiger partial charge in [0, 0.05) is 7.05 Å². The highest BCUT2D eigenvalue weighted by Gasteiger charge is 2.16. The van der Waals surface area contributed by atoms with Gasteiger partial charge in [0.15, 0.2) is 6.10 Å². The lowest BCUT2D eigenvalue weighted by Gasteiger charge is -2.18. The fourth-order valence-electron chi connectivity index (χ4n) is 2.75. The highest BCUT2D eigenvalue weighted by atomic mass is 32.2. The molecule has 0 aliphatic heterocycles. The third-order valence-corrected chi connectivity index (χ3v) is 5.79. The zero-order valence-corrected chi connectivity index (χ0v) is 18.9. The van der Waals surface area contributed by atoms with Crippen molar-refractivity contribution < 1.29 is 22.7 Å². The first kappa shape index (κ1) is 23.5. The minimum atomic E-state index is -3.33. The normalized spacial score (nSPS) is 12.3. The molecule has 2 aromatic rings. The third-order valence-electron chi connectivity index (χ3n) is 4.58. The van der Waals surface area contributed by atoms with Crippen LogP contribution in [0.25, 0.3) is 0 Å². The van der Waals surface area contributed by atoms with E-state index < -0.39 is 16.1 Å². The Bertz CT molecular complexity index is 942. The van der Waals surface area contributed by atoms with Gasteiger partial charge in [-0.1, -0.05) is 32.0 Å². The Morgan fingerprint density at radius 1 is 1.07 bits per heavy atom. The number of nitrogens with zero attached hydrogens (tertiary/aromatic N) is 1. The molecule has 8 heteroatoms. The van der Waals surface area contributed by atoms with Crippen LogP contribution in [0.15, 0.2) is 48.5 Å². The minimum Gasteiger partial charge on any atom is -0.491 e. The van der Waals surface area contributed by atoms with Crippen molar-refractivity contribution in [3.05, 3.63) is 54.1 Å². The van der Waals surface area contributed by atoms with E-state index in [9.17, 15) is 13.2 Å². The minimum absolute atomic E-state index is 0.256. The Labute approximate surface area is 179 Å². The van der Waals surface area contributed by atoms with Crippen molar-refractivity contribution in [2.45, 2.75) is 32.8 Å². The summed E-state index contributed by atoms with van der Waals surface area (Å²) < 4.78 is 35.8. The summed E-state index contributed by atoms with van der Waals surface area (Å²) in [6.07, 6.45) is 0.432. The zero-order valence-electron chi connectivity index (χ0n) is 18.1. The Balaban J connectivity index is 1.81. The van der Waals surface area contributed by atoms with Crippen LogP contribution in [-0.2, 0) is 14.8 Å². The fourth-order valence-corrected chi connectivity index (χ4v) is 3.26. The summed E-state index contributed by atoms with van der Waals surface area (Å²) in [4.78, 5) is 12.3. The highest BCUT2D eigenvalue weighted by molar-refractivity contribution is 7.92. The van der Waals surface area contributed by atoms with Gasteiger partial charge in [-0.25, -0.2) is 8.42 Å². The molecule has 164 valence electrons. The quantitative estimate of drug-likeness (QED) is 0.581. The lowest BCUT2D eigenvalue weighted by Crippen LogP contribution is -2.38. The van der Waals surface area contributed by atoms with Gasteiger partial charge in [-0.2, -0.15) is 0 Å². The first-order valence-electron chi connectivity index (χ1n) is 9.79. The summed E-state index contributed by atoms with van der Waals surface area (Å²) in [6, 6.07) is 14.4. The van der Waals surface area contributed by atoms with Gasteiger partial charge in [-0.05, 0) is 48.7 Å². The summed E-state index contributed by atoms with van der Waals surface area (Å²) in [5.74, 6) is 1.40. The Hall–Kier alpha value is -2.74. The van der Waals surface area contributed by atoms with Gasteiger partial charge in [-0.3, -0.25) is 9.10 Å². The average molecular weight is 435 g/mol. The second-order valence-corrected chi connectivity index (χ2v) is 9.33. The molecule has 1 N–H and O–H groups in total. The number of carbonyl (C=O) groups is 1. The van der Waals surface area contributed by atoms with E-state index in [-0.39, 0.29) is 5.91 Å². The summed E-state index contributed by atoms with van der Waals surface area (Å²) in [6.45, 7) is 6.58. The van der Waals surface area contributed by atoms with Crippen molar-refractivity contribution >= 4 is 21.6 Å². The Morgan fingerprint density at radius 2 is 1.70 bits per heavy atom. The molecule has 7 nitrogen and oxygen atoms in total. The van der Waals surface area contributed by atoms with Gasteiger partial charge in [0.05, 0.1) is 18.5 Å². The van der Waals surface area contributed by atoms with E-state index in [2.05, 4.69) is 19.2 Å². The smallest absolute Gasteiger partial charge is 0.260 e. The molecule has 0 aliphatic rings. The molecule has 0 fully saturated rings. The molecule has 0 aromatic heterocycles. The molecule has 0 heterocycles. The molecule has 0 aliphatic carbocycles. The number of ether oxygens (including phenoxy) is 2. The predicted molar refractivity (Wildman–Crippen MR) is 119 cm³/mol. The molecule has 0 bridgehead atoms. The Kier molecular flexibility index (Phi) is 8.11. The number of hydrogen-bond donors (Lipinski definition) is 1. The molecule has 30 heavy (non-hydrogen) atoms. The molecule has 0 spiro atoms. The third kappa shape index (κ3) is 6.66. The van der Waals surface area contributed by atoms with Crippen LogP contribution in [0.4, 0.5) is 5.69 Å². The molecule has 0 radical (unpaired) electrons. The van der Waals surface area contributed by atoms with Crippen LogP contribution in [-0.4, -0.2) is 46.9 Å². The van der Waals surface area contributed by atoms with Gasteiger partial charge in [0.1, 0.15) is 18.1 Å². The number of anilines is 1. The number of sulfonamides is 1. The van der Waals surface area contributed by atoms with Crippen LogP contribution in [0, 0.1) is 0 Å². The van der Waals surface area contributed by atoms with Gasteiger partial charge < -0.3 is 14.8 Å². The number of carbonyl (C=O) groups excluding carboxylic acids is 1. The monoisotopic (exact) mass is 434 g/mol. The van der Waals surface area contributed by atoms with Gasteiger partial charge in [0.2, 0.25) is 10.0 Å². The lowest BCUT2D eigenvalue weighted by molar-refractivity contribution is -0.127. The zero-order chi connectivity index (χ0) is 22.3. The van der Waals surface area contributed by atoms with Gasteiger partial charge in [-0.15, -0.1) is 0 Å². The largest absolute Gasteiger partial charge is 0.491 e. The summed E-state index contributed by atoms with van der Waals surface area (Å²) >= 11 is 0. The van der Waals surface area contributed by atoms with Crippen molar-refractivity contribution in [3.8, 4) is 11.5 Å². The standard InChI is InChI=1S/C22H30N2O5S/c1-16(2)20-8-6-7-9-21(20)28-15-14-23-22(25)17(3)29-19-12-10-18(11-13-19)24(4)30(5,26)27/h6-13,16-17H,14-15H2,1-5H3,(H,23,25). The van der Waals surface area contributed by atoms with Crippen molar-refractivity contribution in [3.63, 3.8) is 0 Å². The molecule has 1 amide bonds. The van der Waals surface area contributed by atoms with Gasteiger partial charge >= 0.3 is 0 Å². The summed E-state index contributed by atoms with van der Waals surface area (Å²) in [5.41, 5.74) is 1.64. The number of benzene rings is 2. The maximum atomic E-state index is 12.3. The van der Waals surface area contributed by atoms with Crippen LogP contribution in [0.5, 0.6) is 11.5 Å². The summed E-state index contributed by atoms with van der Waals surface area (Å²) in [5, 5.41) is 2.79. The molecule has 1 unspecified atom stereocenters. The molecule has 2 rings (SSSR count). The van der Waals surface area contributed by atoms with Gasteiger partial charge in [0.25, 0.3) is 5.91 Å². The second kappa shape index (κ2) is 10.3. The van der Waals surface area contributed by atoms with E-state index in [0.717, 1.165) is 17.6 Å². The van der Waals surface area contributed by atoms with Crippen LogP contribution in [0.1, 0.15) is 32.3 Å². The number of para-hydroxylation sites is 1. The molecular formula is C22H30N2O5S. The van der Waals surface area contributed by atoms with Crippen molar-refractivity contribution in [1.82, 2.24) is 5.32 Å². The van der Waals surface area contributed by atoms with E-state index in [0.29, 0.717) is 30.5 Å². The SMILES string of the molecule is CC(Oc1ccc(N(C)S(C)(=O)=O)cc1)C(=O)NCCOc1ccccc1C(C)C. The first-order valence-corrected chi connectivity index (χ1v) is 11.6. The predicted octanol–water partition coefficient (Wildman–Crippen LogP) is 3.17. The number of amides is 1. The summed E-state index contributed by atoms with van der Waals surface area (Å²) in [7, 11) is -1.85. The maximum Gasteiger partial charge on any atom is 0.260 e. The number of hydrogen-bond acceptors (Lipinski definition) is 5. The fraction of sp³-hybridized carbons (Fsp3) is 0.409. The lowest BCUT2D eigenvalue weighted by atomic mass is 10.0. The Morgan fingerprint density at radius 3 is 2.30 bits per heavy atom. The van der Waals surface area contributed by atoms with Crippen molar-refractivity contribution in [2.24, 2.45) is 0 Å². The van der Waals surface area contributed by atoms with Crippen LogP contribution in [0.2, 0.25) is 0 Å². The maximum absolute atomic E-state index is 12.3. The average Bonchev–Trinajstić information content (AvgIpc) is 2.70.